The quantitative estimate of drug-likeness (QED) is 0.580. The summed E-state index contributed by atoms with van der Waals surface area (Å²) < 4.78 is 17.4. The Hall–Kier alpha value is -1.63. The van der Waals surface area contributed by atoms with E-state index in [1.165, 1.54) is 6.42 Å². The molecular formula is C24H38N2O4. The van der Waals surface area contributed by atoms with Gasteiger partial charge in [-0.3, -0.25) is 9.69 Å². The molecule has 2 fully saturated rings. The zero-order chi connectivity index (χ0) is 21.2. The van der Waals surface area contributed by atoms with Crippen molar-refractivity contribution in [3.8, 4) is 5.75 Å². The first-order chi connectivity index (χ1) is 14.6. The van der Waals surface area contributed by atoms with Crippen LogP contribution in [-0.2, 0) is 14.3 Å². The number of ether oxygens (including phenoxy) is 3. The summed E-state index contributed by atoms with van der Waals surface area (Å²) in [4.78, 5) is 15.5. The van der Waals surface area contributed by atoms with Gasteiger partial charge in [0.2, 0.25) is 0 Å². The highest BCUT2D eigenvalue weighted by Crippen LogP contribution is 2.36. The van der Waals surface area contributed by atoms with Gasteiger partial charge >= 0.3 is 0 Å². The van der Waals surface area contributed by atoms with Crippen molar-refractivity contribution in [3.05, 3.63) is 24.3 Å². The third kappa shape index (κ3) is 6.69. The lowest BCUT2D eigenvalue weighted by atomic mass is 9.78. The first-order valence-corrected chi connectivity index (χ1v) is 11.6. The summed E-state index contributed by atoms with van der Waals surface area (Å²) >= 11 is 0. The Morgan fingerprint density at radius 1 is 1.23 bits per heavy atom. The maximum atomic E-state index is 13.1. The number of nitrogens with zero attached hydrogens (tertiary/aromatic N) is 1. The van der Waals surface area contributed by atoms with Crippen LogP contribution in [0.4, 0.5) is 5.69 Å². The molecule has 3 rings (SSSR count). The van der Waals surface area contributed by atoms with Crippen LogP contribution >= 0.6 is 0 Å². The Bertz CT molecular complexity index is 645. The second kappa shape index (κ2) is 11.7. The Labute approximate surface area is 181 Å². The molecule has 1 aromatic carbocycles. The molecule has 1 aliphatic carbocycles. The first-order valence-electron chi connectivity index (χ1n) is 11.6. The van der Waals surface area contributed by atoms with Crippen LogP contribution in [0.1, 0.15) is 52.4 Å². The summed E-state index contributed by atoms with van der Waals surface area (Å²) in [7, 11) is 0. The monoisotopic (exact) mass is 418 g/mol. The highest BCUT2D eigenvalue weighted by Gasteiger charge is 2.42. The molecular weight excluding hydrogens is 380 g/mol. The fraction of sp³-hybridized carbons (Fsp3) is 0.708. The van der Waals surface area contributed by atoms with Crippen molar-refractivity contribution >= 4 is 11.6 Å². The van der Waals surface area contributed by atoms with E-state index >= 15 is 0 Å². The Morgan fingerprint density at radius 2 is 2.00 bits per heavy atom. The molecule has 0 radical (unpaired) electrons. The van der Waals surface area contributed by atoms with Crippen LogP contribution in [0.25, 0.3) is 0 Å². The third-order valence-electron chi connectivity index (χ3n) is 6.06. The minimum absolute atomic E-state index is 0.0123. The second-order valence-corrected chi connectivity index (χ2v) is 8.68. The molecule has 2 atom stereocenters. The Kier molecular flexibility index (Phi) is 8.97. The van der Waals surface area contributed by atoms with Crippen LogP contribution in [-0.4, -0.2) is 62.5 Å². The van der Waals surface area contributed by atoms with Crippen molar-refractivity contribution in [3.63, 3.8) is 0 Å². The van der Waals surface area contributed by atoms with Crippen molar-refractivity contribution < 1.29 is 19.0 Å². The maximum absolute atomic E-state index is 13.1. The van der Waals surface area contributed by atoms with Gasteiger partial charge in [-0.2, -0.15) is 0 Å². The van der Waals surface area contributed by atoms with E-state index < -0.39 is 5.60 Å². The number of anilines is 1. The number of rotatable bonds is 10. The van der Waals surface area contributed by atoms with Gasteiger partial charge in [-0.15, -0.1) is 0 Å². The molecule has 0 unspecified atom stereocenters. The van der Waals surface area contributed by atoms with Crippen LogP contribution < -0.4 is 10.1 Å². The summed E-state index contributed by atoms with van der Waals surface area (Å²) in [6.45, 7) is 10.3. The number of hydrogen-bond donors (Lipinski definition) is 1. The fourth-order valence-electron chi connectivity index (χ4n) is 4.39. The van der Waals surface area contributed by atoms with E-state index in [-0.39, 0.29) is 5.91 Å². The van der Waals surface area contributed by atoms with Gasteiger partial charge in [0, 0.05) is 31.9 Å². The van der Waals surface area contributed by atoms with Gasteiger partial charge in [0.15, 0.2) is 0 Å². The predicted molar refractivity (Wildman–Crippen MR) is 119 cm³/mol. The number of hydrogen-bond acceptors (Lipinski definition) is 5. The third-order valence-corrected chi connectivity index (χ3v) is 6.06. The predicted octanol–water partition coefficient (Wildman–Crippen LogP) is 4.10. The molecule has 1 saturated heterocycles. The van der Waals surface area contributed by atoms with Gasteiger partial charge in [-0.1, -0.05) is 20.3 Å². The molecule has 6 heteroatoms. The number of benzene rings is 1. The number of morpholine rings is 1. The summed E-state index contributed by atoms with van der Waals surface area (Å²) in [6, 6.07) is 7.67. The Balaban J connectivity index is 1.46. The lowest BCUT2D eigenvalue weighted by molar-refractivity contribution is -0.148. The molecule has 168 valence electrons. The van der Waals surface area contributed by atoms with E-state index in [0.29, 0.717) is 19.1 Å². The minimum atomic E-state index is -0.692. The van der Waals surface area contributed by atoms with Gasteiger partial charge in [-0.25, -0.2) is 0 Å². The van der Waals surface area contributed by atoms with E-state index in [2.05, 4.69) is 24.1 Å². The smallest absolute Gasteiger partial charge is 0.256 e. The highest BCUT2D eigenvalue weighted by atomic mass is 16.5. The minimum Gasteiger partial charge on any atom is -0.494 e. The normalized spacial score (nSPS) is 25.1. The molecule has 1 N–H and O–H groups in total. The van der Waals surface area contributed by atoms with E-state index in [4.69, 9.17) is 14.2 Å². The summed E-state index contributed by atoms with van der Waals surface area (Å²) in [5.41, 5.74) is 0.0980. The van der Waals surface area contributed by atoms with Gasteiger partial charge in [-0.05, 0) is 62.3 Å². The molecule has 1 saturated carbocycles. The van der Waals surface area contributed by atoms with Gasteiger partial charge in [0.05, 0.1) is 19.8 Å². The van der Waals surface area contributed by atoms with Crippen molar-refractivity contribution in [1.29, 1.82) is 0 Å². The van der Waals surface area contributed by atoms with Gasteiger partial charge < -0.3 is 19.5 Å². The van der Waals surface area contributed by atoms with Crippen molar-refractivity contribution in [1.82, 2.24) is 4.90 Å². The lowest BCUT2D eigenvalue weighted by Gasteiger charge is -2.38. The number of nitrogens with one attached hydrogen (secondary N) is 1. The highest BCUT2D eigenvalue weighted by molar-refractivity contribution is 5.97. The molecule has 1 aromatic rings. The van der Waals surface area contributed by atoms with E-state index in [0.717, 1.165) is 76.4 Å². The van der Waals surface area contributed by atoms with Crippen molar-refractivity contribution in [2.45, 2.75) is 58.0 Å². The number of carbonyl (C=O) groups excluding carboxylic acids is 1. The maximum Gasteiger partial charge on any atom is 0.256 e. The molecule has 2 aliphatic rings. The molecule has 1 heterocycles. The molecule has 0 spiro atoms. The van der Waals surface area contributed by atoms with E-state index in [1.807, 2.05) is 24.3 Å². The van der Waals surface area contributed by atoms with Gasteiger partial charge in [0.1, 0.15) is 11.4 Å². The first kappa shape index (κ1) is 23.0. The average molecular weight is 419 g/mol. The van der Waals surface area contributed by atoms with Crippen LogP contribution in [0.3, 0.4) is 0 Å². The SMILES string of the molecule is CCCO[C@]1(C(=O)Nc2ccc(OCCCN3CCOCC3)cc2)CCC[C@H](C)C1. The average Bonchev–Trinajstić information content (AvgIpc) is 2.77. The largest absolute Gasteiger partial charge is 0.494 e. The molecule has 1 aliphatic heterocycles. The zero-order valence-electron chi connectivity index (χ0n) is 18.7. The lowest BCUT2D eigenvalue weighted by Crippen LogP contribution is -2.48. The number of carbonyl (C=O) groups is 1. The number of amides is 1. The van der Waals surface area contributed by atoms with Crippen LogP contribution in [0.15, 0.2) is 24.3 Å². The summed E-state index contributed by atoms with van der Waals surface area (Å²) in [6.07, 6.45) is 5.71. The van der Waals surface area contributed by atoms with Crippen LogP contribution in [0.5, 0.6) is 5.75 Å². The van der Waals surface area contributed by atoms with Crippen molar-refractivity contribution in [2.75, 3.05) is 51.4 Å². The summed E-state index contributed by atoms with van der Waals surface area (Å²) in [5.74, 6) is 1.33. The zero-order valence-corrected chi connectivity index (χ0v) is 18.7. The van der Waals surface area contributed by atoms with E-state index in [9.17, 15) is 4.79 Å². The van der Waals surface area contributed by atoms with Crippen molar-refractivity contribution in [2.24, 2.45) is 5.92 Å². The summed E-state index contributed by atoms with van der Waals surface area (Å²) in [5, 5.41) is 3.08. The molecule has 0 bridgehead atoms. The fourth-order valence-corrected chi connectivity index (χ4v) is 4.39. The standard InChI is InChI=1S/C24H38N2O4/c1-3-15-30-24(11-4-6-20(2)19-24)23(27)25-21-7-9-22(10-8-21)29-16-5-12-26-13-17-28-18-14-26/h7-10,20H,3-6,11-19H2,1-2H3,(H,25,27)/t20-,24+/m0/s1. The molecule has 0 aromatic heterocycles. The molecule has 1 amide bonds. The Morgan fingerprint density at radius 3 is 2.70 bits per heavy atom. The van der Waals surface area contributed by atoms with Crippen LogP contribution in [0.2, 0.25) is 0 Å². The molecule has 6 nitrogen and oxygen atoms in total. The molecule has 30 heavy (non-hydrogen) atoms. The van der Waals surface area contributed by atoms with E-state index in [1.54, 1.807) is 0 Å². The van der Waals surface area contributed by atoms with Crippen LogP contribution in [0, 0.1) is 5.92 Å². The second-order valence-electron chi connectivity index (χ2n) is 8.68. The van der Waals surface area contributed by atoms with Gasteiger partial charge in [0.25, 0.3) is 5.91 Å². The topological polar surface area (TPSA) is 60.0 Å².